The first-order valence-electron chi connectivity index (χ1n) is 8.68. The van der Waals surface area contributed by atoms with E-state index in [1.165, 1.54) is 0 Å². The maximum atomic E-state index is 12.4. The van der Waals surface area contributed by atoms with Crippen LogP contribution in [0.15, 0.2) is 61.1 Å². The van der Waals surface area contributed by atoms with Crippen molar-refractivity contribution in [3.63, 3.8) is 0 Å². The summed E-state index contributed by atoms with van der Waals surface area (Å²) in [6.45, 7) is 2.79. The summed E-state index contributed by atoms with van der Waals surface area (Å²) in [4.78, 5) is 27.3. The van der Waals surface area contributed by atoms with Crippen molar-refractivity contribution >= 4 is 11.6 Å². The van der Waals surface area contributed by atoms with Crippen LogP contribution in [0, 0.1) is 0 Å². The van der Waals surface area contributed by atoms with Gasteiger partial charge in [0.25, 0.3) is 5.88 Å². The van der Waals surface area contributed by atoms with E-state index in [-0.39, 0.29) is 5.78 Å². The average Bonchev–Trinajstić information content (AvgIpc) is 2.75. The molecular formula is C20H18N4O3. The highest BCUT2D eigenvalue weighted by atomic mass is 16.5. The SMILES string of the molecule is O=C(c1ccc(Oc2nccnc2N2CCOCC2)cc1)c1ccccn1. The fourth-order valence-corrected chi connectivity index (χ4v) is 2.81. The predicted molar refractivity (Wildman–Crippen MR) is 99.2 cm³/mol. The zero-order chi connectivity index (χ0) is 18.5. The number of ether oxygens (including phenoxy) is 2. The number of aromatic nitrogens is 3. The molecule has 1 aliphatic rings. The summed E-state index contributed by atoms with van der Waals surface area (Å²) in [5.41, 5.74) is 0.961. The molecule has 0 bridgehead atoms. The van der Waals surface area contributed by atoms with E-state index in [1.54, 1.807) is 61.1 Å². The minimum absolute atomic E-state index is 0.129. The maximum Gasteiger partial charge on any atom is 0.263 e. The van der Waals surface area contributed by atoms with Crippen LogP contribution >= 0.6 is 0 Å². The molecule has 0 spiro atoms. The zero-order valence-corrected chi connectivity index (χ0v) is 14.6. The number of rotatable bonds is 5. The van der Waals surface area contributed by atoms with Crippen LogP contribution in [0.1, 0.15) is 16.1 Å². The summed E-state index contributed by atoms with van der Waals surface area (Å²) in [7, 11) is 0. The molecule has 0 unspecified atom stereocenters. The number of ketones is 1. The van der Waals surface area contributed by atoms with Crippen molar-refractivity contribution in [2.45, 2.75) is 0 Å². The van der Waals surface area contributed by atoms with E-state index in [1.807, 2.05) is 0 Å². The second kappa shape index (κ2) is 7.92. The minimum Gasteiger partial charge on any atom is -0.436 e. The predicted octanol–water partition coefficient (Wildman–Crippen LogP) is 2.73. The number of carbonyl (C=O) groups is 1. The topological polar surface area (TPSA) is 77.4 Å². The van der Waals surface area contributed by atoms with Crippen molar-refractivity contribution < 1.29 is 14.3 Å². The lowest BCUT2D eigenvalue weighted by Crippen LogP contribution is -2.37. The highest BCUT2D eigenvalue weighted by molar-refractivity contribution is 6.07. The molecule has 2 aromatic heterocycles. The van der Waals surface area contributed by atoms with Crippen LogP contribution in [0.2, 0.25) is 0 Å². The molecule has 0 N–H and O–H groups in total. The van der Waals surface area contributed by atoms with Gasteiger partial charge in [-0.2, -0.15) is 0 Å². The van der Waals surface area contributed by atoms with Gasteiger partial charge < -0.3 is 14.4 Å². The Morgan fingerprint density at radius 2 is 1.70 bits per heavy atom. The van der Waals surface area contributed by atoms with Crippen LogP contribution in [0.25, 0.3) is 0 Å². The Bertz CT molecular complexity index is 910. The van der Waals surface area contributed by atoms with Gasteiger partial charge in [0.1, 0.15) is 11.4 Å². The van der Waals surface area contributed by atoms with Crippen molar-refractivity contribution in [2.75, 3.05) is 31.2 Å². The number of morpholine rings is 1. The van der Waals surface area contributed by atoms with Crippen molar-refractivity contribution in [1.29, 1.82) is 0 Å². The second-order valence-electron chi connectivity index (χ2n) is 5.96. The molecule has 0 atom stereocenters. The van der Waals surface area contributed by atoms with Crippen molar-refractivity contribution in [3.05, 3.63) is 72.3 Å². The molecule has 0 radical (unpaired) electrons. The first-order valence-corrected chi connectivity index (χ1v) is 8.68. The molecule has 136 valence electrons. The number of nitrogens with zero attached hydrogens (tertiary/aromatic N) is 4. The van der Waals surface area contributed by atoms with E-state index < -0.39 is 0 Å². The quantitative estimate of drug-likeness (QED) is 0.646. The van der Waals surface area contributed by atoms with Crippen LogP contribution in [-0.2, 0) is 4.74 Å². The molecule has 0 saturated carbocycles. The van der Waals surface area contributed by atoms with Gasteiger partial charge in [0.05, 0.1) is 13.2 Å². The number of hydrogen-bond acceptors (Lipinski definition) is 7. The van der Waals surface area contributed by atoms with Gasteiger partial charge >= 0.3 is 0 Å². The van der Waals surface area contributed by atoms with E-state index in [4.69, 9.17) is 9.47 Å². The Morgan fingerprint density at radius 1 is 0.926 bits per heavy atom. The fourth-order valence-electron chi connectivity index (χ4n) is 2.81. The Kier molecular flexibility index (Phi) is 5.02. The van der Waals surface area contributed by atoms with Crippen LogP contribution in [0.3, 0.4) is 0 Å². The Labute approximate surface area is 156 Å². The largest absolute Gasteiger partial charge is 0.436 e. The van der Waals surface area contributed by atoms with Crippen LogP contribution in [-0.4, -0.2) is 47.0 Å². The molecule has 1 aromatic carbocycles. The van der Waals surface area contributed by atoms with Gasteiger partial charge in [-0.3, -0.25) is 9.78 Å². The minimum atomic E-state index is -0.129. The number of pyridine rings is 1. The molecule has 4 rings (SSSR count). The Balaban J connectivity index is 1.52. The van der Waals surface area contributed by atoms with Crippen LogP contribution in [0.4, 0.5) is 5.82 Å². The molecule has 0 amide bonds. The normalized spacial score (nSPS) is 14.0. The lowest BCUT2D eigenvalue weighted by molar-refractivity contribution is 0.103. The van der Waals surface area contributed by atoms with E-state index >= 15 is 0 Å². The number of carbonyl (C=O) groups excluding carboxylic acids is 1. The number of hydrogen-bond donors (Lipinski definition) is 0. The van der Waals surface area contributed by atoms with E-state index in [2.05, 4.69) is 19.9 Å². The molecule has 7 nitrogen and oxygen atoms in total. The molecular weight excluding hydrogens is 344 g/mol. The molecule has 27 heavy (non-hydrogen) atoms. The Hall–Kier alpha value is -3.32. The first kappa shape index (κ1) is 17.1. The highest BCUT2D eigenvalue weighted by Crippen LogP contribution is 2.28. The third-order valence-electron chi connectivity index (χ3n) is 4.19. The number of anilines is 1. The van der Waals surface area contributed by atoms with Gasteiger partial charge in [0.2, 0.25) is 5.78 Å². The second-order valence-corrected chi connectivity index (χ2v) is 5.96. The van der Waals surface area contributed by atoms with Gasteiger partial charge in [0, 0.05) is 37.2 Å². The monoisotopic (exact) mass is 362 g/mol. The molecule has 3 aromatic rings. The summed E-state index contributed by atoms with van der Waals surface area (Å²) in [6, 6.07) is 12.2. The summed E-state index contributed by atoms with van der Waals surface area (Å²) in [6.07, 6.45) is 4.84. The van der Waals surface area contributed by atoms with Gasteiger partial charge in [-0.25, -0.2) is 9.97 Å². The maximum absolute atomic E-state index is 12.4. The molecule has 1 fully saturated rings. The summed E-state index contributed by atoms with van der Waals surface area (Å²) < 4.78 is 11.3. The molecule has 0 aliphatic carbocycles. The lowest BCUT2D eigenvalue weighted by atomic mass is 10.1. The molecule has 3 heterocycles. The van der Waals surface area contributed by atoms with Crippen molar-refractivity contribution in [3.8, 4) is 11.6 Å². The van der Waals surface area contributed by atoms with Crippen LogP contribution < -0.4 is 9.64 Å². The first-order chi connectivity index (χ1) is 13.3. The smallest absolute Gasteiger partial charge is 0.263 e. The number of benzene rings is 1. The lowest BCUT2D eigenvalue weighted by Gasteiger charge is -2.28. The summed E-state index contributed by atoms with van der Waals surface area (Å²) in [5, 5.41) is 0. The molecule has 7 heteroatoms. The third kappa shape index (κ3) is 3.93. The highest BCUT2D eigenvalue weighted by Gasteiger charge is 2.18. The fraction of sp³-hybridized carbons (Fsp3) is 0.200. The van der Waals surface area contributed by atoms with Gasteiger partial charge in [-0.1, -0.05) is 6.07 Å². The summed E-state index contributed by atoms with van der Waals surface area (Å²) >= 11 is 0. The van der Waals surface area contributed by atoms with Crippen LogP contribution in [0.5, 0.6) is 11.6 Å². The third-order valence-corrected chi connectivity index (χ3v) is 4.19. The summed E-state index contributed by atoms with van der Waals surface area (Å²) in [5.74, 6) is 1.58. The van der Waals surface area contributed by atoms with Gasteiger partial charge in [-0.05, 0) is 36.4 Å². The van der Waals surface area contributed by atoms with Gasteiger partial charge in [0.15, 0.2) is 5.82 Å². The molecule has 1 aliphatic heterocycles. The van der Waals surface area contributed by atoms with Gasteiger partial charge in [-0.15, -0.1) is 0 Å². The van der Waals surface area contributed by atoms with E-state index in [0.29, 0.717) is 41.9 Å². The average molecular weight is 362 g/mol. The van der Waals surface area contributed by atoms with E-state index in [9.17, 15) is 4.79 Å². The Morgan fingerprint density at radius 3 is 2.44 bits per heavy atom. The van der Waals surface area contributed by atoms with Crippen molar-refractivity contribution in [2.24, 2.45) is 0 Å². The van der Waals surface area contributed by atoms with E-state index in [0.717, 1.165) is 13.1 Å². The zero-order valence-electron chi connectivity index (χ0n) is 14.6. The standard InChI is InChI=1S/C20H18N4O3/c25-18(17-3-1-2-8-21-17)15-4-6-16(7-5-15)27-20-19(22-9-10-23-20)24-11-13-26-14-12-24/h1-10H,11-14H2. The van der Waals surface area contributed by atoms with Crippen molar-refractivity contribution in [1.82, 2.24) is 15.0 Å². The molecule has 1 saturated heterocycles.